The maximum absolute atomic E-state index is 12.5. The van der Waals surface area contributed by atoms with E-state index in [1.165, 1.54) is 42.0 Å². The Labute approximate surface area is 159 Å². The van der Waals surface area contributed by atoms with Gasteiger partial charge in [-0.25, -0.2) is 8.42 Å². The molecule has 0 amide bonds. The molecule has 0 aliphatic heterocycles. The number of hydrogen-bond donors (Lipinski definition) is 0. The van der Waals surface area contributed by atoms with Gasteiger partial charge in [0.05, 0.1) is 4.91 Å². The fraction of sp³-hybridized carbons (Fsp3) is 0.529. The van der Waals surface area contributed by atoms with E-state index in [9.17, 15) is 8.42 Å². The van der Waals surface area contributed by atoms with E-state index in [1.807, 2.05) is 6.26 Å². The summed E-state index contributed by atoms with van der Waals surface area (Å²) in [6, 6.07) is 0.404. The monoisotopic (exact) mass is 398 g/mol. The highest BCUT2D eigenvalue weighted by molar-refractivity contribution is 8.02. The molecule has 0 radical (unpaired) electrons. The summed E-state index contributed by atoms with van der Waals surface area (Å²) >= 11 is 1.45. The fourth-order valence-electron chi connectivity index (χ4n) is 2.11. The van der Waals surface area contributed by atoms with E-state index in [0.29, 0.717) is 24.3 Å². The lowest BCUT2D eigenvalue weighted by atomic mass is 10.3. The van der Waals surface area contributed by atoms with Crippen LogP contribution in [-0.4, -0.2) is 56.3 Å². The molecule has 1 saturated carbocycles. The van der Waals surface area contributed by atoms with Crippen LogP contribution in [0.5, 0.6) is 0 Å². The summed E-state index contributed by atoms with van der Waals surface area (Å²) in [6.07, 6.45) is 8.29. The first-order valence-corrected chi connectivity index (χ1v) is 11.0. The number of sulfonamides is 1. The van der Waals surface area contributed by atoms with Gasteiger partial charge in [0.2, 0.25) is 10.0 Å². The second kappa shape index (κ2) is 8.88. The van der Waals surface area contributed by atoms with E-state index in [2.05, 4.69) is 23.3 Å². The number of nitrogens with zero attached hydrogens (tertiary/aromatic N) is 4. The average molecular weight is 399 g/mol. The van der Waals surface area contributed by atoms with E-state index in [-0.39, 0.29) is 11.4 Å². The van der Waals surface area contributed by atoms with Crippen molar-refractivity contribution in [2.45, 2.75) is 19.3 Å². The number of allylic oxidation sites excluding steroid dienone is 2. The van der Waals surface area contributed by atoms with Crippen LogP contribution in [0.1, 0.15) is 18.7 Å². The molecule has 1 aliphatic rings. The molecule has 0 unspecified atom stereocenters. The standard InChI is InChI=1S/C17H26N4O3S2/c1-13(25-5)6-7-14(2)26(22,23)21(4)11-10-20(3)17-18-16(19-24-17)12-15-8-9-15/h6-7,15H,1-2,8-12H2,3-5H3/b7-6-. The van der Waals surface area contributed by atoms with Crippen molar-refractivity contribution in [3.63, 3.8) is 0 Å². The molecule has 1 aliphatic carbocycles. The van der Waals surface area contributed by atoms with Crippen molar-refractivity contribution >= 4 is 27.8 Å². The molecule has 0 spiro atoms. The number of anilines is 1. The SMILES string of the molecule is C=C(/C=C\C(=C)S(=O)(=O)N(C)CCN(C)c1nc(CC2CC2)no1)SC. The summed E-state index contributed by atoms with van der Waals surface area (Å²) in [5, 5.41) is 3.98. The van der Waals surface area contributed by atoms with E-state index in [4.69, 9.17) is 4.52 Å². The Balaban J connectivity index is 1.88. The summed E-state index contributed by atoms with van der Waals surface area (Å²) < 4.78 is 31.5. The number of rotatable bonds is 11. The minimum absolute atomic E-state index is 0.0300. The Hall–Kier alpha value is -1.58. The molecule has 1 aromatic rings. The molecule has 1 fully saturated rings. The second-order valence-electron chi connectivity index (χ2n) is 6.36. The number of aromatic nitrogens is 2. The molecule has 2 rings (SSSR count). The molecule has 0 aromatic carbocycles. The Morgan fingerprint density at radius 2 is 2.00 bits per heavy atom. The molecule has 0 N–H and O–H groups in total. The predicted molar refractivity (Wildman–Crippen MR) is 106 cm³/mol. The molecular weight excluding hydrogens is 372 g/mol. The van der Waals surface area contributed by atoms with E-state index in [1.54, 1.807) is 18.0 Å². The van der Waals surface area contributed by atoms with Crippen LogP contribution in [0, 0.1) is 5.92 Å². The van der Waals surface area contributed by atoms with Crippen LogP contribution in [0.4, 0.5) is 6.01 Å². The lowest BCUT2D eigenvalue weighted by Gasteiger charge is -2.20. The smallest absolute Gasteiger partial charge is 0.323 e. The highest BCUT2D eigenvalue weighted by Crippen LogP contribution is 2.32. The maximum atomic E-state index is 12.5. The topological polar surface area (TPSA) is 79.5 Å². The van der Waals surface area contributed by atoms with E-state index >= 15 is 0 Å². The van der Waals surface area contributed by atoms with Gasteiger partial charge < -0.3 is 9.42 Å². The van der Waals surface area contributed by atoms with Crippen LogP contribution >= 0.6 is 11.8 Å². The lowest BCUT2D eigenvalue weighted by molar-refractivity contribution is 0.404. The van der Waals surface area contributed by atoms with Gasteiger partial charge in [-0.15, -0.1) is 11.8 Å². The third-order valence-electron chi connectivity index (χ3n) is 4.16. The van der Waals surface area contributed by atoms with Crippen LogP contribution in [0.15, 0.2) is 39.6 Å². The molecule has 1 heterocycles. The van der Waals surface area contributed by atoms with Crippen molar-refractivity contribution in [2.75, 3.05) is 38.3 Å². The van der Waals surface area contributed by atoms with Crippen LogP contribution in [0.2, 0.25) is 0 Å². The van der Waals surface area contributed by atoms with Crippen molar-refractivity contribution in [3.8, 4) is 0 Å². The largest absolute Gasteiger partial charge is 0.326 e. The molecular formula is C17H26N4O3S2. The molecule has 7 nitrogen and oxygen atoms in total. The van der Waals surface area contributed by atoms with Crippen molar-refractivity contribution in [3.05, 3.63) is 40.9 Å². The molecule has 0 atom stereocenters. The molecule has 144 valence electrons. The first-order chi connectivity index (χ1) is 12.2. The fourth-order valence-corrected chi connectivity index (χ4v) is 3.28. The third kappa shape index (κ3) is 5.72. The number of likely N-dealkylation sites (N-methyl/N-ethyl adjacent to an activating group) is 2. The normalized spacial score (nSPS) is 14.9. The summed E-state index contributed by atoms with van der Waals surface area (Å²) in [6.45, 7) is 8.14. The van der Waals surface area contributed by atoms with Gasteiger partial charge in [-0.1, -0.05) is 18.3 Å². The molecule has 0 bridgehead atoms. The molecule has 26 heavy (non-hydrogen) atoms. The number of hydrogen-bond acceptors (Lipinski definition) is 7. The summed E-state index contributed by atoms with van der Waals surface area (Å²) in [7, 11) is -0.291. The third-order valence-corrected chi connectivity index (χ3v) is 6.62. The average Bonchev–Trinajstić information content (AvgIpc) is 3.31. The minimum Gasteiger partial charge on any atom is -0.326 e. The van der Waals surface area contributed by atoms with Crippen molar-refractivity contribution in [2.24, 2.45) is 5.92 Å². The van der Waals surface area contributed by atoms with Crippen LogP contribution in [0.25, 0.3) is 0 Å². The number of thioether (sulfide) groups is 1. The lowest BCUT2D eigenvalue weighted by Crippen LogP contribution is -2.35. The molecule has 0 saturated heterocycles. The Morgan fingerprint density at radius 3 is 2.62 bits per heavy atom. The van der Waals surface area contributed by atoms with Crippen LogP contribution in [-0.2, 0) is 16.4 Å². The van der Waals surface area contributed by atoms with Gasteiger partial charge in [-0.05, 0) is 42.1 Å². The van der Waals surface area contributed by atoms with Gasteiger partial charge >= 0.3 is 6.01 Å². The van der Waals surface area contributed by atoms with Crippen molar-refractivity contribution in [1.29, 1.82) is 0 Å². The van der Waals surface area contributed by atoms with Gasteiger partial charge in [0.25, 0.3) is 0 Å². The highest BCUT2D eigenvalue weighted by Gasteiger charge is 2.25. The Kier molecular flexibility index (Phi) is 7.08. The quantitative estimate of drug-likeness (QED) is 0.530. The van der Waals surface area contributed by atoms with Crippen molar-refractivity contribution < 1.29 is 12.9 Å². The molecule has 9 heteroatoms. The Bertz CT molecular complexity index is 782. The van der Waals surface area contributed by atoms with E-state index in [0.717, 1.165) is 11.3 Å². The summed E-state index contributed by atoms with van der Waals surface area (Å²) in [5.74, 6) is 1.39. The van der Waals surface area contributed by atoms with Crippen LogP contribution in [0.3, 0.4) is 0 Å². The highest BCUT2D eigenvalue weighted by atomic mass is 32.2. The predicted octanol–water partition coefficient (Wildman–Crippen LogP) is 2.67. The van der Waals surface area contributed by atoms with Gasteiger partial charge in [0, 0.05) is 33.6 Å². The van der Waals surface area contributed by atoms with Gasteiger partial charge in [0.15, 0.2) is 5.82 Å². The summed E-state index contributed by atoms with van der Waals surface area (Å²) in [4.78, 5) is 6.91. The Morgan fingerprint density at radius 1 is 1.31 bits per heavy atom. The van der Waals surface area contributed by atoms with Gasteiger partial charge in [-0.3, -0.25) is 0 Å². The van der Waals surface area contributed by atoms with Gasteiger partial charge in [-0.2, -0.15) is 9.29 Å². The van der Waals surface area contributed by atoms with Gasteiger partial charge in [0.1, 0.15) is 0 Å². The van der Waals surface area contributed by atoms with E-state index < -0.39 is 10.0 Å². The molecule has 1 aromatic heterocycles. The van der Waals surface area contributed by atoms with Crippen LogP contribution < -0.4 is 4.90 Å². The zero-order valence-corrected chi connectivity index (χ0v) is 17.1. The summed E-state index contributed by atoms with van der Waals surface area (Å²) in [5.41, 5.74) is 0. The first-order valence-electron chi connectivity index (χ1n) is 8.34. The first kappa shape index (κ1) is 20.7. The zero-order valence-electron chi connectivity index (χ0n) is 15.5. The second-order valence-corrected chi connectivity index (χ2v) is 9.39. The minimum atomic E-state index is -3.61. The zero-order chi connectivity index (χ0) is 19.3. The van der Waals surface area contributed by atoms with Crippen molar-refractivity contribution in [1.82, 2.24) is 14.4 Å². The maximum Gasteiger partial charge on any atom is 0.323 e.